The van der Waals surface area contributed by atoms with Crippen molar-refractivity contribution in [2.75, 3.05) is 37.7 Å². The van der Waals surface area contributed by atoms with E-state index in [-0.39, 0.29) is 18.7 Å². The summed E-state index contributed by atoms with van der Waals surface area (Å²) in [6.45, 7) is 4.85. The van der Waals surface area contributed by atoms with Crippen LogP contribution in [-0.4, -0.2) is 62.3 Å². The summed E-state index contributed by atoms with van der Waals surface area (Å²) in [6, 6.07) is 5.83. The van der Waals surface area contributed by atoms with Crippen LogP contribution in [0, 0.1) is 0 Å². The summed E-state index contributed by atoms with van der Waals surface area (Å²) in [5.41, 5.74) is 2.85. The van der Waals surface area contributed by atoms with E-state index in [0.29, 0.717) is 16.8 Å². The molecular weight excluding hydrogens is 392 g/mol. The Labute approximate surface area is 181 Å². The number of aliphatic hydroxyl groups is 1. The summed E-state index contributed by atoms with van der Waals surface area (Å²) < 4.78 is 1.45. The fraction of sp³-hybridized carbons (Fsp3) is 0.478. The van der Waals surface area contributed by atoms with E-state index >= 15 is 0 Å². The van der Waals surface area contributed by atoms with E-state index in [2.05, 4.69) is 24.8 Å². The lowest BCUT2D eigenvalue weighted by Crippen LogP contribution is -2.46. The quantitative estimate of drug-likeness (QED) is 0.650. The molecule has 0 unspecified atom stereocenters. The van der Waals surface area contributed by atoms with Crippen LogP contribution in [0.5, 0.6) is 0 Å². The summed E-state index contributed by atoms with van der Waals surface area (Å²) >= 11 is 0. The summed E-state index contributed by atoms with van der Waals surface area (Å²) in [5, 5.41) is 9.67. The van der Waals surface area contributed by atoms with Crippen molar-refractivity contribution in [3.63, 3.8) is 0 Å². The Bertz CT molecular complexity index is 1100. The zero-order valence-corrected chi connectivity index (χ0v) is 17.7. The molecule has 2 aliphatic rings. The van der Waals surface area contributed by atoms with E-state index in [1.54, 1.807) is 0 Å². The van der Waals surface area contributed by atoms with Gasteiger partial charge in [-0.05, 0) is 31.0 Å². The lowest BCUT2D eigenvalue weighted by molar-refractivity contribution is 0.249. The highest BCUT2D eigenvalue weighted by molar-refractivity contribution is 5.81. The Morgan fingerprint density at radius 3 is 2.48 bits per heavy atom. The maximum atomic E-state index is 12.5. The Balaban J connectivity index is 1.21. The van der Waals surface area contributed by atoms with Gasteiger partial charge in [0.15, 0.2) is 0 Å². The number of fused-ring (bicyclic) bond motifs is 1. The molecule has 0 amide bonds. The van der Waals surface area contributed by atoms with Crippen LogP contribution >= 0.6 is 0 Å². The minimum Gasteiger partial charge on any atom is -0.395 e. The molecule has 1 aliphatic heterocycles. The average molecular weight is 421 g/mol. The molecule has 8 heteroatoms. The Morgan fingerprint density at radius 2 is 1.81 bits per heavy atom. The fourth-order valence-corrected chi connectivity index (χ4v) is 4.36. The van der Waals surface area contributed by atoms with Gasteiger partial charge in [0.1, 0.15) is 5.82 Å². The highest BCUT2D eigenvalue weighted by atomic mass is 16.3. The van der Waals surface area contributed by atoms with E-state index < -0.39 is 0 Å². The fourth-order valence-electron chi connectivity index (χ4n) is 4.36. The minimum atomic E-state index is -0.110. The first-order chi connectivity index (χ1) is 15.2. The van der Waals surface area contributed by atoms with E-state index in [4.69, 9.17) is 5.11 Å². The van der Waals surface area contributed by atoms with Gasteiger partial charge in [-0.25, -0.2) is 15.0 Å². The van der Waals surface area contributed by atoms with Crippen molar-refractivity contribution >= 4 is 16.6 Å². The van der Waals surface area contributed by atoms with E-state index in [0.717, 1.165) is 44.2 Å². The average Bonchev–Trinajstić information content (AvgIpc) is 2.76. The molecule has 1 saturated carbocycles. The van der Waals surface area contributed by atoms with Crippen LogP contribution in [0.1, 0.15) is 36.6 Å². The number of rotatable bonds is 6. The van der Waals surface area contributed by atoms with Gasteiger partial charge in [0, 0.05) is 62.3 Å². The molecule has 3 heterocycles. The second-order valence-corrected chi connectivity index (χ2v) is 8.51. The van der Waals surface area contributed by atoms with Crippen LogP contribution in [0.25, 0.3) is 10.9 Å². The Hall–Kier alpha value is -2.84. The maximum absolute atomic E-state index is 12.5. The number of benzene rings is 1. The standard InChI is InChI=1S/C23H28N6O2/c30-11-10-29-16-26-21-12-19(4-5-20(21)23(29)31)28-8-6-27(7-9-28)15-17-13-24-22(25-14-17)18-2-1-3-18/h4-5,12-14,16,18,30H,1-3,6-11,15H2. The lowest BCUT2D eigenvalue weighted by Gasteiger charge is -2.36. The molecule has 162 valence electrons. The lowest BCUT2D eigenvalue weighted by atomic mass is 9.85. The smallest absolute Gasteiger partial charge is 0.261 e. The maximum Gasteiger partial charge on any atom is 0.261 e. The Kier molecular flexibility index (Phi) is 5.65. The number of nitrogens with zero attached hydrogens (tertiary/aromatic N) is 6. The summed E-state index contributed by atoms with van der Waals surface area (Å²) in [6.07, 6.45) is 9.25. The van der Waals surface area contributed by atoms with Crippen LogP contribution in [-0.2, 0) is 13.1 Å². The predicted molar refractivity (Wildman–Crippen MR) is 119 cm³/mol. The molecule has 2 fully saturated rings. The van der Waals surface area contributed by atoms with E-state index in [9.17, 15) is 4.79 Å². The number of hydrogen-bond acceptors (Lipinski definition) is 7. The van der Waals surface area contributed by atoms with Crippen LogP contribution in [0.3, 0.4) is 0 Å². The third-order valence-corrected chi connectivity index (χ3v) is 6.49. The van der Waals surface area contributed by atoms with Gasteiger partial charge < -0.3 is 10.0 Å². The number of aromatic nitrogens is 4. The van der Waals surface area contributed by atoms with Gasteiger partial charge in [-0.3, -0.25) is 14.3 Å². The van der Waals surface area contributed by atoms with Crippen molar-refractivity contribution in [1.29, 1.82) is 0 Å². The van der Waals surface area contributed by atoms with Crippen molar-refractivity contribution in [1.82, 2.24) is 24.4 Å². The second-order valence-electron chi connectivity index (χ2n) is 8.51. The molecule has 0 atom stereocenters. The largest absolute Gasteiger partial charge is 0.395 e. The first-order valence-electron chi connectivity index (χ1n) is 11.1. The Morgan fingerprint density at radius 1 is 1.03 bits per heavy atom. The summed E-state index contributed by atoms with van der Waals surface area (Å²) in [4.78, 5) is 30.8. The van der Waals surface area contributed by atoms with Crippen molar-refractivity contribution in [3.05, 3.63) is 58.7 Å². The first kappa shape index (κ1) is 20.1. The van der Waals surface area contributed by atoms with Crippen LogP contribution in [0.2, 0.25) is 0 Å². The van der Waals surface area contributed by atoms with Crippen molar-refractivity contribution in [3.8, 4) is 0 Å². The first-order valence-corrected chi connectivity index (χ1v) is 11.1. The zero-order chi connectivity index (χ0) is 21.2. The van der Waals surface area contributed by atoms with E-state index in [1.165, 1.54) is 35.7 Å². The van der Waals surface area contributed by atoms with Gasteiger partial charge >= 0.3 is 0 Å². The van der Waals surface area contributed by atoms with Gasteiger partial charge in [-0.2, -0.15) is 0 Å². The third kappa shape index (κ3) is 4.18. The molecule has 0 bridgehead atoms. The molecule has 1 saturated heterocycles. The molecular formula is C23H28N6O2. The highest BCUT2D eigenvalue weighted by Crippen LogP contribution is 2.33. The van der Waals surface area contributed by atoms with Crippen LogP contribution < -0.4 is 10.5 Å². The number of hydrogen-bond donors (Lipinski definition) is 1. The number of piperazine rings is 1. The molecule has 5 rings (SSSR count). The molecule has 1 aliphatic carbocycles. The van der Waals surface area contributed by atoms with Crippen molar-refractivity contribution in [2.24, 2.45) is 0 Å². The molecule has 0 radical (unpaired) electrons. The van der Waals surface area contributed by atoms with Gasteiger partial charge in [0.2, 0.25) is 0 Å². The van der Waals surface area contributed by atoms with Gasteiger partial charge in [0.25, 0.3) is 5.56 Å². The minimum absolute atomic E-state index is 0.0771. The molecule has 2 aromatic heterocycles. The normalized spacial score (nSPS) is 17.8. The topological polar surface area (TPSA) is 87.4 Å². The molecule has 1 aromatic carbocycles. The van der Waals surface area contributed by atoms with Crippen molar-refractivity contribution < 1.29 is 5.11 Å². The number of anilines is 1. The predicted octanol–water partition coefficient (Wildman–Crippen LogP) is 1.77. The van der Waals surface area contributed by atoms with Gasteiger partial charge in [-0.1, -0.05) is 6.42 Å². The van der Waals surface area contributed by atoms with Crippen LogP contribution in [0.15, 0.2) is 41.7 Å². The summed E-state index contributed by atoms with van der Waals surface area (Å²) in [5.74, 6) is 1.58. The molecule has 0 spiro atoms. The van der Waals surface area contributed by atoms with E-state index in [1.807, 2.05) is 30.6 Å². The van der Waals surface area contributed by atoms with Crippen LogP contribution in [0.4, 0.5) is 5.69 Å². The third-order valence-electron chi connectivity index (χ3n) is 6.49. The SMILES string of the molecule is O=c1c2ccc(N3CCN(Cc4cnc(C5CCC5)nc4)CC3)cc2ncn1CCO. The zero-order valence-electron chi connectivity index (χ0n) is 17.7. The summed E-state index contributed by atoms with van der Waals surface area (Å²) in [7, 11) is 0. The molecule has 3 aromatic rings. The monoisotopic (exact) mass is 420 g/mol. The molecule has 8 nitrogen and oxygen atoms in total. The van der Waals surface area contributed by atoms with Gasteiger partial charge in [-0.15, -0.1) is 0 Å². The molecule has 31 heavy (non-hydrogen) atoms. The van der Waals surface area contributed by atoms with Gasteiger partial charge in [0.05, 0.1) is 30.4 Å². The number of aliphatic hydroxyl groups excluding tert-OH is 1. The van der Waals surface area contributed by atoms with Crippen molar-refractivity contribution in [2.45, 2.75) is 38.3 Å². The molecule has 1 N–H and O–H groups in total. The highest BCUT2D eigenvalue weighted by Gasteiger charge is 2.22. The second kappa shape index (κ2) is 8.72.